The molecule has 182 valence electrons. The molecule has 8 heteroatoms. The summed E-state index contributed by atoms with van der Waals surface area (Å²) < 4.78 is 10.7. The fourth-order valence-corrected chi connectivity index (χ4v) is 3.46. The zero-order valence-electron chi connectivity index (χ0n) is 20.6. The molecule has 0 aliphatic heterocycles. The number of hydrogen-bond acceptors (Lipinski definition) is 4. The van der Waals surface area contributed by atoms with Gasteiger partial charge in [-0.2, -0.15) is 0 Å². The van der Waals surface area contributed by atoms with Crippen LogP contribution in [-0.4, -0.2) is 69.6 Å². The largest absolute Gasteiger partial charge is 0.493 e. The summed E-state index contributed by atoms with van der Waals surface area (Å²) >= 11 is 0. The number of carbonyl (C=O) groups is 1. The van der Waals surface area contributed by atoms with Crippen LogP contribution in [0.3, 0.4) is 0 Å². The molecule has 0 fully saturated rings. The van der Waals surface area contributed by atoms with Crippen LogP contribution in [0, 0.1) is 0 Å². The van der Waals surface area contributed by atoms with Gasteiger partial charge in [-0.05, 0) is 55.7 Å². The van der Waals surface area contributed by atoms with Gasteiger partial charge in [0.15, 0.2) is 17.5 Å². The van der Waals surface area contributed by atoms with E-state index >= 15 is 0 Å². The highest BCUT2D eigenvalue weighted by Crippen LogP contribution is 2.27. The molecule has 0 saturated heterocycles. The van der Waals surface area contributed by atoms with Gasteiger partial charge in [0.25, 0.3) is 5.91 Å². The minimum atomic E-state index is 0. The van der Waals surface area contributed by atoms with Gasteiger partial charge >= 0.3 is 0 Å². The van der Waals surface area contributed by atoms with E-state index in [0.29, 0.717) is 25.2 Å². The second-order valence-corrected chi connectivity index (χ2v) is 7.44. The molecule has 1 amide bonds. The number of benzene rings is 2. The Morgan fingerprint density at radius 3 is 2.12 bits per heavy atom. The van der Waals surface area contributed by atoms with E-state index in [4.69, 9.17) is 9.47 Å². The quantitative estimate of drug-likeness (QED) is 0.266. The first-order chi connectivity index (χ1) is 15.5. The highest BCUT2D eigenvalue weighted by molar-refractivity contribution is 14.0. The summed E-state index contributed by atoms with van der Waals surface area (Å²) in [4.78, 5) is 20.8. The van der Waals surface area contributed by atoms with E-state index in [1.165, 1.54) is 5.56 Å². The number of amides is 1. The van der Waals surface area contributed by atoms with Gasteiger partial charge in [-0.3, -0.25) is 9.79 Å². The van der Waals surface area contributed by atoms with Crippen LogP contribution < -0.4 is 14.8 Å². The standard InChI is InChI=1S/C25H36N4O3.HI/c1-7-29(8-2)24(30)21-12-9-20(10-13-21)18-27-25(26-3)28(4)16-15-19-11-14-22(31-5)23(17-19)32-6;/h9-14,17H,7-8,15-16,18H2,1-6H3,(H,26,27);1H. The first-order valence-electron chi connectivity index (χ1n) is 11.0. The molecule has 2 aromatic carbocycles. The van der Waals surface area contributed by atoms with Crippen molar-refractivity contribution in [2.45, 2.75) is 26.8 Å². The highest BCUT2D eigenvalue weighted by Gasteiger charge is 2.12. The third-order valence-electron chi connectivity index (χ3n) is 5.46. The summed E-state index contributed by atoms with van der Waals surface area (Å²) in [5.41, 5.74) is 2.97. The van der Waals surface area contributed by atoms with Gasteiger partial charge in [-0.15, -0.1) is 24.0 Å². The van der Waals surface area contributed by atoms with Crippen molar-refractivity contribution in [2.75, 3.05) is 47.9 Å². The maximum absolute atomic E-state index is 12.5. The molecule has 0 spiro atoms. The number of nitrogens with one attached hydrogen (secondary N) is 1. The van der Waals surface area contributed by atoms with Gasteiger partial charge in [0.1, 0.15) is 0 Å². The predicted molar refractivity (Wildman–Crippen MR) is 145 cm³/mol. The fourth-order valence-electron chi connectivity index (χ4n) is 3.46. The number of likely N-dealkylation sites (N-methyl/N-ethyl adjacent to an activating group) is 1. The van der Waals surface area contributed by atoms with E-state index < -0.39 is 0 Å². The Hall–Kier alpha value is -2.49. The molecule has 0 aromatic heterocycles. The molecule has 33 heavy (non-hydrogen) atoms. The van der Waals surface area contributed by atoms with Crippen LogP contribution in [-0.2, 0) is 13.0 Å². The molecule has 0 aliphatic carbocycles. The molecule has 2 aromatic rings. The number of carbonyl (C=O) groups excluding carboxylic acids is 1. The lowest BCUT2D eigenvalue weighted by atomic mass is 10.1. The summed E-state index contributed by atoms with van der Waals surface area (Å²) in [6.45, 7) is 6.84. The first kappa shape index (κ1) is 28.5. The summed E-state index contributed by atoms with van der Waals surface area (Å²) in [5, 5.41) is 3.39. The van der Waals surface area contributed by atoms with Crippen molar-refractivity contribution < 1.29 is 14.3 Å². The monoisotopic (exact) mass is 568 g/mol. The zero-order chi connectivity index (χ0) is 23.5. The van der Waals surface area contributed by atoms with Gasteiger partial charge < -0.3 is 24.6 Å². The van der Waals surface area contributed by atoms with Crippen LogP contribution in [0.5, 0.6) is 11.5 Å². The first-order valence-corrected chi connectivity index (χ1v) is 11.0. The number of rotatable bonds is 10. The number of aliphatic imine (C=N–C) groups is 1. The molecule has 0 heterocycles. The Morgan fingerprint density at radius 1 is 0.970 bits per heavy atom. The third-order valence-corrected chi connectivity index (χ3v) is 5.46. The second-order valence-electron chi connectivity index (χ2n) is 7.44. The lowest BCUT2D eigenvalue weighted by Crippen LogP contribution is -2.39. The Bertz CT molecular complexity index is 899. The number of methoxy groups -OCH3 is 2. The third kappa shape index (κ3) is 8.10. The molecule has 0 saturated carbocycles. The fraction of sp³-hybridized carbons (Fsp3) is 0.440. The van der Waals surface area contributed by atoms with Crippen molar-refractivity contribution in [3.63, 3.8) is 0 Å². The Kier molecular flexibility index (Phi) is 12.6. The van der Waals surface area contributed by atoms with E-state index in [9.17, 15) is 4.79 Å². The average Bonchev–Trinajstić information content (AvgIpc) is 2.83. The van der Waals surface area contributed by atoms with Gasteiger partial charge in [0, 0.05) is 45.8 Å². The summed E-state index contributed by atoms with van der Waals surface area (Å²) in [6.07, 6.45) is 0.847. The van der Waals surface area contributed by atoms with Gasteiger partial charge in [-0.25, -0.2) is 0 Å². The lowest BCUT2D eigenvalue weighted by Gasteiger charge is -2.22. The molecular formula is C25H37IN4O3. The van der Waals surface area contributed by atoms with Crippen molar-refractivity contribution in [1.29, 1.82) is 0 Å². The average molecular weight is 569 g/mol. The molecule has 2 rings (SSSR count). The molecule has 0 unspecified atom stereocenters. The van der Waals surface area contributed by atoms with Crippen LogP contribution in [0.4, 0.5) is 0 Å². The Balaban J connectivity index is 0.00000544. The summed E-state index contributed by atoms with van der Waals surface area (Å²) in [7, 11) is 7.08. The van der Waals surface area contributed by atoms with Crippen LogP contribution in [0.15, 0.2) is 47.5 Å². The number of nitrogens with zero attached hydrogens (tertiary/aromatic N) is 3. The number of guanidine groups is 1. The predicted octanol–water partition coefficient (Wildman–Crippen LogP) is 4.05. The van der Waals surface area contributed by atoms with E-state index in [-0.39, 0.29) is 29.9 Å². The highest BCUT2D eigenvalue weighted by atomic mass is 127. The zero-order valence-corrected chi connectivity index (χ0v) is 22.9. The van der Waals surface area contributed by atoms with Crippen molar-refractivity contribution in [2.24, 2.45) is 4.99 Å². The summed E-state index contributed by atoms with van der Waals surface area (Å²) in [5.74, 6) is 2.35. The Morgan fingerprint density at radius 2 is 1.58 bits per heavy atom. The molecule has 7 nitrogen and oxygen atoms in total. The van der Waals surface area contributed by atoms with E-state index in [0.717, 1.165) is 36.0 Å². The normalized spacial score (nSPS) is 10.8. The maximum atomic E-state index is 12.5. The number of ether oxygens (including phenoxy) is 2. The lowest BCUT2D eigenvalue weighted by molar-refractivity contribution is 0.0773. The van der Waals surface area contributed by atoms with E-state index in [1.807, 2.05) is 68.3 Å². The molecule has 0 atom stereocenters. The van der Waals surface area contributed by atoms with Gasteiger partial charge in [-0.1, -0.05) is 18.2 Å². The SMILES string of the molecule is CCN(CC)C(=O)c1ccc(CNC(=NC)N(C)CCc2ccc(OC)c(OC)c2)cc1.I. The van der Waals surface area contributed by atoms with Crippen molar-refractivity contribution >= 4 is 35.8 Å². The van der Waals surface area contributed by atoms with Gasteiger partial charge in [0.2, 0.25) is 0 Å². The van der Waals surface area contributed by atoms with Crippen molar-refractivity contribution in [1.82, 2.24) is 15.1 Å². The minimum Gasteiger partial charge on any atom is -0.493 e. The number of halogens is 1. The minimum absolute atomic E-state index is 0. The van der Waals surface area contributed by atoms with Crippen LogP contribution in [0.2, 0.25) is 0 Å². The van der Waals surface area contributed by atoms with Crippen molar-refractivity contribution in [3.05, 3.63) is 59.2 Å². The molecular weight excluding hydrogens is 531 g/mol. The summed E-state index contributed by atoms with van der Waals surface area (Å²) in [6, 6.07) is 13.7. The molecule has 0 radical (unpaired) electrons. The topological polar surface area (TPSA) is 66.4 Å². The van der Waals surface area contributed by atoms with Crippen molar-refractivity contribution in [3.8, 4) is 11.5 Å². The second kappa shape index (κ2) is 14.6. The van der Waals surface area contributed by atoms with E-state index in [1.54, 1.807) is 21.3 Å². The maximum Gasteiger partial charge on any atom is 0.253 e. The number of hydrogen-bond donors (Lipinski definition) is 1. The smallest absolute Gasteiger partial charge is 0.253 e. The Labute approximate surface area is 215 Å². The molecule has 0 bridgehead atoms. The van der Waals surface area contributed by atoms with Crippen LogP contribution >= 0.6 is 24.0 Å². The van der Waals surface area contributed by atoms with E-state index in [2.05, 4.69) is 15.2 Å². The van der Waals surface area contributed by atoms with Crippen LogP contribution in [0.1, 0.15) is 35.3 Å². The van der Waals surface area contributed by atoms with Crippen LogP contribution in [0.25, 0.3) is 0 Å². The van der Waals surface area contributed by atoms with Gasteiger partial charge in [0.05, 0.1) is 14.2 Å². The molecule has 1 N–H and O–H groups in total. The molecule has 0 aliphatic rings.